The van der Waals surface area contributed by atoms with Crippen LogP contribution in [0.2, 0.25) is 0 Å². The van der Waals surface area contributed by atoms with Gasteiger partial charge in [0, 0.05) is 13.1 Å². The number of amides is 2. The van der Waals surface area contributed by atoms with Crippen molar-refractivity contribution in [3.63, 3.8) is 0 Å². The largest absolute Gasteiger partial charge is 0.352 e. The summed E-state index contributed by atoms with van der Waals surface area (Å²) >= 11 is 0. The molecule has 7 heteroatoms. The minimum atomic E-state index is -0.330. The van der Waals surface area contributed by atoms with Gasteiger partial charge < -0.3 is 10.2 Å². The first-order valence-corrected chi connectivity index (χ1v) is 7.36. The molecule has 2 amide bonds. The highest BCUT2D eigenvalue weighted by Crippen LogP contribution is 2.04. The smallest absolute Gasteiger partial charge is 0.261 e. The molecule has 122 valence electrons. The number of benzene rings is 1. The Balaban J connectivity index is 2.09. The molecule has 1 aromatic carbocycles. The molecule has 1 aromatic heterocycles. The van der Waals surface area contributed by atoms with Crippen LogP contribution >= 0.6 is 0 Å². The maximum absolute atomic E-state index is 12.3. The van der Waals surface area contributed by atoms with Crippen molar-refractivity contribution in [2.24, 2.45) is 0 Å². The normalized spacial score (nSPS) is 10.8. The zero-order chi connectivity index (χ0) is 17.0. The molecule has 0 radical (unpaired) electrons. The Bertz CT molecular complexity index is 782. The van der Waals surface area contributed by atoms with Crippen LogP contribution in [0.1, 0.15) is 13.8 Å². The van der Waals surface area contributed by atoms with Crippen LogP contribution in [0.25, 0.3) is 10.9 Å². The monoisotopic (exact) mass is 316 g/mol. The highest BCUT2D eigenvalue weighted by molar-refractivity contribution is 5.85. The summed E-state index contributed by atoms with van der Waals surface area (Å²) in [6.45, 7) is 3.49. The molecule has 2 aromatic rings. The molecule has 23 heavy (non-hydrogen) atoms. The van der Waals surface area contributed by atoms with Crippen molar-refractivity contribution < 1.29 is 9.59 Å². The first-order valence-electron chi connectivity index (χ1n) is 7.36. The van der Waals surface area contributed by atoms with Crippen molar-refractivity contribution in [2.45, 2.75) is 26.4 Å². The topological polar surface area (TPSA) is 84.3 Å². The first kappa shape index (κ1) is 16.7. The van der Waals surface area contributed by atoms with E-state index in [2.05, 4.69) is 10.3 Å². The predicted octanol–water partition coefficient (Wildman–Crippen LogP) is 0.379. The lowest BCUT2D eigenvalue weighted by atomic mass is 10.2. The molecule has 0 atom stereocenters. The van der Waals surface area contributed by atoms with Crippen LogP contribution in [0.15, 0.2) is 35.4 Å². The van der Waals surface area contributed by atoms with Crippen molar-refractivity contribution in [1.82, 2.24) is 19.8 Å². The Kier molecular flexibility index (Phi) is 5.10. The number of carbonyl (C=O) groups is 2. The van der Waals surface area contributed by atoms with Gasteiger partial charge in [0.25, 0.3) is 5.56 Å². The molecule has 0 spiro atoms. The van der Waals surface area contributed by atoms with Crippen molar-refractivity contribution in [1.29, 1.82) is 0 Å². The molecular weight excluding hydrogens is 296 g/mol. The minimum absolute atomic E-state index is 0.0123. The lowest BCUT2D eigenvalue weighted by Crippen LogP contribution is -2.42. The molecule has 0 unspecified atom stereocenters. The van der Waals surface area contributed by atoms with Gasteiger partial charge in [-0.1, -0.05) is 12.1 Å². The number of rotatable bonds is 5. The number of likely N-dealkylation sites (N-methyl/N-ethyl adjacent to an activating group) is 1. The van der Waals surface area contributed by atoms with Gasteiger partial charge in [0.1, 0.15) is 6.54 Å². The summed E-state index contributed by atoms with van der Waals surface area (Å²) in [4.78, 5) is 41.6. The van der Waals surface area contributed by atoms with Crippen LogP contribution in [0.3, 0.4) is 0 Å². The molecule has 7 nitrogen and oxygen atoms in total. The second kappa shape index (κ2) is 7.04. The molecule has 2 rings (SSSR count). The van der Waals surface area contributed by atoms with Gasteiger partial charge >= 0.3 is 0 Å². The lowest BCUT2D eigenvalue weighted by Gasteiger charge is -2.18. The fourth-order valence-corrected chi connectivity index (χ4v) is 2.16. The van der Waals surface area contributed by atoms with Crippen molar-refractivity contribution >= 4 is 22.7 Å². The predicted molar refractivity (Wildman–Crippen MR) is 86.9 cm³/mol. The molecule has 0 saturated carbocycles. The first-order chi connectivity index (χ1) is 10.9. The van der Waals surface area contributed by atoms with Gasteiger partial charge in [0.05, 0.1) is 23.8 Å². The maximum Gasteiger partial charge on any atom is 0.261 e. The van der Waals surface area contributed by atoms with Gasteiger partial charge in [-0.05, 0) is 26.0 Å². The number of hydrogen-bond donors (Lipinski definition) is 1. The van der Waals surface area contributed by atoms with Gasteiger partial charge in [0.15, 0.2) is 0 Å². The van der Waals surface area contributed by atoms with Crippen molar-refractivity contribution in [2.75, 3.05) is 13.6 Å². The Hall–Kier alpha value is -2.70. The molecule has 0 bridgehead atoms. The summed E-state index contributed by atoms with van der Waals surface area (Å²) in [6, 6.07) is 6.97. The van der Waals surface area contributed by atoms with E-state index in [0.29, 0.717) is 10.9 Å². The summed E-state index contributed by atoms with van der Waals surface area (Å²) in [5.74, 6) is -0.567. The summed E-state index contributed by atoms with van der Waals surface area (Å²) < 4.78 is 1.25. The SMILES string of the molecule is CC(C)NC(=O)CN(C)C(=O)Cn1cnc2ccccc2c1=O. The highest BCUT2D eigenvalue weighted by atomic mass is 16.2. The summed E-state index contributed by atoms with van der Waals surface area (Å²) in [5.41, 5.74) is 0.315. The van der Waals surface area contributed by atoms with Crippen LogP contribution in [0.5, 0.6) is 0 Å². The second-order valence-corrected chi connectivity index (χ2v) is 5.67. The summed E-state index contributed by atoms with van der Waals surface area (Å²) in [5, 5.41) is 3.18. The third-order valence-corrected chi connectivity index (χ3v) is 3.29. The molecule has 0 saturated heterocycles. The number of nitrogens with one attached hydrogen (secondary N) is 1. The van der Waals surface area contributed by atoms with Crippen LogP contribution in [-0.2, 0) is 16.1 Å². The maximum atomic E-state index is 12.3. The third-order valence-electron chi connectivity index (χ3n) is 3.29. The minimum Gasteiger partial charge on any atom is -0.352 e. The average Bonchev–Trinajstić information content (AvgIpc) is 2.49. The fourth-order valence-electron chi connectivity index (χ4n) is 2.16. The van der Waals surface area contributed by atoms with Gasteiger partial charge in [-0.2, -0.15) is 0 Å². The number of carbonyl (C=O) groups excluding carboxylic acids is 2. The van der Waals surface area contributed by atoms with E-state index in [1.807, 2.05) is 13.8 Å². The van der Waals surface area contributed by atoms with Crippen LogP contribution in [0, 0.1) is 0 Å². The Labute approximate surface area is 133 Å². The zero-order valence-corrected chi connectivity index (χ0v) is 13.4. The molecule has 1 heterocycles. The van der Waals surface area contributed by atoms with Crippen molar-refractivity contribution in [3.8, 4) is 0 Å². The number of fused-ring (bicyclic) bond motifs is 1. The molecule has 0 aliphatic rings. The van der Waals surface area contributed by atoms with Crippen LogP contribution in [-0.4, -0.2) is 45.9 Å². The Morgan fingerprint density at radius 3 is 2.70 bits per heavy atom. The zero-order valence-electron chi connectivity index (χ0n) is 13.4. The van der Waals surface area contributed by atoms with Gasteiger partial charge in [-0.25, -0.2) is 4.98 Å². The van der Waals surface area contributed by atoms with Crippen molar-refractivity contribution in [3.05, 3.63) is 40.9 Å². The highest BCUT2D eigenvalue weighted by Gasteiger charge is 2.15. The van der Waals surface area contributed by atoms with E-state index in [4.69, 9.17) is 0 Å². The molecule has 0 fully saturated rings. The van der Waals surface area contributed by atoms with E-state index in [9.17, 15) is 14.4 Å². The third kappa shape index (κ3) is 4.15. The molecule has 0 aliphatic heterocycles. The molecule has 1 N–H and O–H groups in total. The lowest BCUT2D eigenvalue weighted by molar-refractivity contribution is -0.135. The number of hydrogen-bond acceptors (Lipinski definition) is 4. The number of aromatic nitrogens is 2. The summed E-state index contributed by atoms with van der Waals surface area (Å²) in [7, 11) is 1.53. The standard InChI is InChI=1S/C16H20N4O3/c1-11(2)18-14(21)8-19(3)15(22)9-20-10-17-13-7-5-4-6-12(13)16(20)23/h4-7,10-11H,8-9H2,1-3H3,(H,18,21). The van der Waals surface area contributed by atoms with E-state index in [1.54, 1.807) is 24.3 Å². The second-order valence-electron chi connectivity index (χ2n) is 5.67. The summed E-state index contributed by atoms with van der Waals surface area (Å²) in [6.07, 6.45) is 1.35. The Morgan fingerprint density at radius 2 is 2.00 bits per heavy atom. The fraction of sp³-hybridized carbons (Fsp3) is 0.375. The Morgan fingerprint density at radius 1 is 1.30 bits per heavy atom. The average molecular weight is 316 g/mol. The van der Waals surface area contributed by atoms with E-state index in [0.717, 1.165) is 0 Å². The number of nitrogens with zero attached hydrogens (tertiary/aromatic N) is 3. The van der Waals surface area contributed by atoms with E-state index in [1.165, 1.54) is 22.8 Å². The van der Waals surface area contributed by atoms with Crippen LogP contribution < -0.4 is 10.9 Å². The van der Waals surface area contributed by atoms with Gasteiger partial charge in [-0.3, -0.25) is 19.0 Å². The van der Waals surface area contributed by atoms with Gasteiger partial charge in [-0.15, -0.1) is 0 Å². The molecule has 0 aliphatic carbocycles. The number of para-hydroxylation sites is 1. The van der Waals surface area contributed by atoms with E-state index >= 15 is 0 Å². The van der Waals surface area contributed by atoms with Crippen LogP contribution in [0.4, 0.5) is 0 Å². The quantitative estimate of drug-likeness (QED) is 0.864. The molecular formula is C16H20N4O3. The van der Waals surface area contributed by atoms with Gasteiger partial charge in [0.2, 0.25) is 11.8 Å². The van der Waals surface area contributed by atoms with E-state index in [-0.39, 0.29) is 36.5 Å². The van der Waals surface area contributed by atoms with E-state index < -0.39 is 0 Å².